The van der Waals surface area contributed by atoms with Gasteiger partial charge in [0.1, 0.15) is 0 Å². The molecule has 1 aliphatic carbocycles. The van der Waals surface area contributed by atoms with Crippen molar-refractivity contribution in [2.75, 3.05) is 12.8 Å². The SMILES string of the molecule is CC1(C)OCCC2C(CC(P(c3ccccc3)c3ccccc3)[C@@H]2CP(c2ccccc2)c2ccccc2)O1.[B]. The van der Waals surface area contributed by atoms with Gasteiger partial charge < -0.3 is 9.47 Å². The van der Waals surface area contributed by atoms with Crippen molar-refractivity contribution in [2.45, 2.75) is 44.2 Å². The second kappa shape index (κ2) is 13.1. The van der Waals surface area contributed by atoms with Gasteiger partial charge in [-0.05, 0) is 87.4 Å². The fourth-order valence-corrected chi connectivity index (χ4v) is 12.6. The molecule has 6 rings (SSSR count). The first kappa shape index (κ1) is 29.2. The highest BCUT2D eigenvalue weighted by Crippen LogP contribution is 2.57. The number of hydrogen-bond acceptors (Lipinski definition) is 2. The van der Waals surface area contributed by atoms with Crippen molar-refractivity contribution in [1.82, 2.24) is 0 Å². The monoisotopic (exact) mass is 563 g/mol. The fourth-order valence-electron chi connectivity index (χ4n) is 6.57. The highest BCUT2D eigenvalue weighted by molar-refractivity contribution is 7.74. The Morgan fingerprint density at radius 1 is 0.675 bits per heavy atom. The molecule has 3 unspecified atom stereocenters. The van der Waals surface area contributed by atoms with Gasteiger partial charge >= 0.3 is 0 Å². The molecule has 0 N–H and O–H groups in total. The van der Waals surface area contributed by atoms with Gasteiger partial charge in [-0.3, -0.25) is 0 Å². The van der Waals surface area contributed by atoms with Crippen LogP contribution in [0.1, 0.15) is 26.7 Å². The molecule has 5 heteroatoms. The summed E-state index contributed by atoms with van der Waals surface area (Å²) in [5, 5.41) is 5.89. The van der Waals surface area contributed by atoms with Crippen LogP contribution >= 0.6 is 15.8 Å². The average molecular weight is 563 g/mol. The molecule has 2 aliphatic rings. The van der Waals surface area contributed by atoms with Gasteiger partial charge in [0, 0.05) is 8.41 Å². The Hall–Kier alpha value is -2.28. The van der Waals surface area contributed by atoms with Crippen LogP contribution in [0.25, 0.3) is 0 Å². The van der Waals surface area contributed by atoms with E-state index in [4.69, 9.17) is 9.47 Å². The van der Waals surface area contributed by atoms with E-state index in [0.29, 0.717) is 17.5 Å². The Morgan fingerprint density at radius 3 is 1.60 bits per heavy atom. The molecule has 1 aliphatic heterocycles. The Labute approximate surface area is 244 Å². The van der Waals surface area contributed by atoms with Crippen molar-refractivity contribution in [2.24, 2.45) is 11.8 Å². The van der Waals surface area contributed by atoms with Crippen LogP contribution in [0.4, 0.5) is 0 Å². The molecule has 0 amide bonds. The predicted molar refractivity (Wildman–Crippen MR) is 174 cm³/mol. The summed E-state index contributed by atoms with van der Waals surface area (Å²) in [7, 11) is -1.05. The topological polar surface area (TPSA) is 18.5 Å². The fraction of sp³-hybridized carbons (Fsp3) is 0.314. The summed E-state index contributed by atoms with van der Waals surface area (Å²) in [6.07, 6.45) is 3.55. The molecular weight excluding hydrogens is 525 g/mol. The summed E-state index contributed by atoms with van der Waals surface area (Å²) in [6.45, 7) is 4.95. The first-order chi connectivity index (χ1) is 19.1. The zero-order valence-electron chi connectivity index (χ0n) is 23.5. The normalized spacial score (nSPS) is 23.8. The summed E-state index contributed by atoms with van der Waals surface area (Å²) in [4.78, 5) is 0. The van der Waals surface area contributed by atoms with E-state index in [1.807, 2.05) is 0 Å². The standard InChI is InChI=1S/C35H38O2P2.B/c1-35(2)36-24-23-31-32(26-38(27-15-7-3-8-16-27)28-17-9-4-10-18-28)34(25-33(31)37-35)39(29-19-11-5-12-20-29)30-21-13-6-14-22-30;/h3-22,31-34H,23-26H2,1-2H3;/t31?,32-,33?,34?;/m1./s1. The molecule has 0 aromatic heterocycles. The molecule has 1 heterocycles. The van der Waals surface area contributed by atoms with Crippen LogP contribution in [0.15, 0.2) is 121 Å². The van der Waals surface area contributed by atoms with E-state index >= 15 is 0 Å². The van der Waals surface area contributed by atoms with Crippen LogP contribution in [0, 0.1) is 11.8 Å². The van der Waals surface area contributed by atoms with Crippen molar-refractivity contribution in [3.05, 3.63) is 121 Å². The molecular formula is C35H38BO2P2. The van der Waals surface area contributed by atoms with Gasteiger partial charge in [-0.25, -0.2) is 0 Å². The van der Waals surface area contributed by atoms with E-state index in [9.17, 15) is 0 Å². The summed E-state index contributed by atoms with van der Waals surface area (Å²) in [5.74, 6) is 0.502. The minimum atomic E-state index is -0.547. The highest BCUT2D eigenvalue weighted by Gasteiger charge is 2.50. The van der Waals surface area contributed by atoms with E-state index in [1.165, 1.54) is 27.4 Å². The Kier molecular flexibility index (Phi) is 9.60. The average Bonchev–Trinajstić information content (AvgIpc) is 3.19. The molecule has 1 saturated carbocycles. The van der Waals surface area contributed by atoms with Gasteiger partial charge in [-0.15, -0.1) is 0 Å². The van der Waals surface area contributed by atoms with Crippen LogP contribution < -0.4 is 21.2 Å². The zero-order valence-corrected chi connectivity index (χ0v) is 25.3. The number of ether oxygens (including phenoxy) is 2. The first-order valence-electron chi connectivity index (χ1n) is 14.2. The Balaban J connectivity index is 0.00000323. The van der Waals surface area contributed by atoms with Crippen LogP contribution in [0.2, 0.25) is 0 Å². The van der Waals surface area contributed by atoms with Crippen molar-refractivity contribution >= 4 is 45.5 Å². The van der Waals surface area contributed by atoms with E-state index in [0.717, 1.165) is 19.4 Å². The number of hydrogen-bond donors (Lipinski definition) is 0. The van der Waals surface area contributed by atoms with E-state index in [1.54, 1.807) is 0 Å². The van der Waals surface area contributed by atoms with Crippen molar-refractivity contribution < 1.29 is 9.47 Å². The lowest BCUT2D eigenvalue weighted by atomic mass is 9.93. The lowest BCUT2D eigenvalue weighted by Gasteiger charge is -2.34. The summed E-state index contributed by atoms with van der Waals surface area (Å²) >= 11 is 0. The second-order valence-corrected chi connectivity index (χ2v) is 15.8. The first-order valence-corrected chi connectivity index (χ1v) is 17.1. The van der Waals surface area contributed by atoms with Gasteiger partial charge in [-0.1, -0.05) is 121 Å². The maximum Gasteiger partial charge on any atom is 0.163 e. The molecule has 4 aromatic rings. The number of rotatable bonds is 7. The maximum absolute atomic E-state index is 6.79. The van der Waals surface area contributed by atoms with Gasteiger partial charge in [0.25, 0.3) is 0 Å². The third-order valence-electron chi connectivity index (χ3n) is 8.26. The molecule has 1 saturated heterocycles. The molecule has 203 valence electrons. The van der Waals surface area contributed by atoms with E-state index in [2.05, 4.69) is 135 Å². The third kappa shape index (κ3) is 6.45. The number of benzene rings is 4. The minimum absolute atomic E-state index is 0. The summed E-state index contributed by atoms with van der Waals surface area (Å²) in [6, 6.07) is 45.0. The third-order valence-corrected chi connectivity index (χ3v) is 13.9. The highest BCUT2D eigenvalue weighted by atomic mass is 31.1. The van der Waals surface area contributed by atoms with Crippen molar-refractivity contribution in [3.8, 4) is 0 Å². The maximum atomic E-state index is 6.79. The molecule has 2 fully saturated rings. The smallest absolute Gasteiger partial charge is 0.163 e. The lowest BCUT2D eigenvalue weighted by Crippen LogP contribution is -2.32. The van der Waals surface area contributed by atoms with Crippen LogP contribution in [-0.4, -0.2) is 38.7 Å². The van der Waals surface area contributed by atoms with Gasteiger partial charge in [0.15, 0.2) is 5.79 Å². The quantitative estimate of drug-likeness (QED) is 0.191. The van der Waals surface area contributed by atoms with Crippen molar-refractivity contribution in [3.63, 3.8) is 0 Å². The summed E-state index contributed by atoms with van der Waals surface area (Å²) < 4.78 is 13.0. The van der Waals surface area contributed by atoms with Crippen LogP contribution in [0.5, 0.6) is 0 Å². The molecule has 2 nitrogen and oxygen atoms in total. The lowest BCUT2D eigenvalue weighted by molar-refractivity contribution is -0.224. The minimum Gasteiger partial charge on any atom is -0.351 e. The predicted octanol–water partition coefficient (Wildman–Crippen LogP) is 6.42. The number of fused-ring (bicyclic) bond motifs is 1. The van der Waals surface area contributed by atoms with Crippen LogP contribution in [-0.2, 0) is 9.47 Å². The van der Waals surface area contributed by atoms with Crippen molar-refractivity contribution in [1.29, 1.82) is 0 Å². The van der Waals surface area contributed by atoms with E-state index < -0.39 is 21.6 Å². The molecule has 4 aromatic carbocycles. The van der Waals surface area contributed by atoms with Crippen LogP contribution in [0.3, 0.4) is 0 Å². The molecule has 40 heavy (non-hydrogen) atoms. The molecule has 3 radical (unpaired) electrons. The Bertz CT molecular complexity index is 1240. The Morgan fingerprint density at radius 2 is 1.12 bits per heavy atom. The van der Waals surface area contributed by atoms with Gasteiger partial charge in [0.2, 0.25) is 0 Å². The van der Waals surface area contributed by atoms with Gasteiger partial charge in [0.05, 0.1) is 12.7 Å². The zero-order chi connectivity index (χ0) is 26.7. The molecule has 4 atom stereocenters. The second-order valence-electron chi connectivity index (χ2n) is 11.1. The molecule has 0 bridgehead atoms. The molecule has 0 spiro atoms. The summed E-state index contributed by atoms with van der Waals surface area (Å²) in [5.41, 5.74) is 0.547. The van der Waals surface area contributed by atoms with E-state index in [-0.39, 0.29) is 14.5 Å². The van der Waals surface area contributed by atoms with Gasteiger partial charge in [-0.2, -0.15) is 0 Å². The largest absolute Gasteiger partial charge is 0.351 e.